The van der Waals surface area contributed by atoms with Crippen LogP contribution >= 0.6 is 0 Å². The van der Waals surface area contributed by atoms with Crippen LogP contribution in [0.1, 0.15) is 5.56 Å². The van der Waals surface area contributed by atoms with Crippen molar-refractivity contribution in [3.05, 3.63) is 23.8 Å². The summed E-state index contributed by atoms with van der Waals surface area (Å²) in [5, 5.41) is 9.11. The topological polar surface area (TPSA) is 72.5 Å². The Morgan fingerprint density at radius 1 is 1.58 bits per heavy atom. The molecule has 1 aromatic carbocycles. The lowest BCUT2D eigenvalue weighted by Gasteiger charge is -2.02. The fraction of sp³-hybridized carbons (Fsp3) is 0.125. The molecule has 0 saturated carbocycles. The predicted molar refractivity (Wildman–Crippen MR) is 43.1 cm³/mol. The lowest BCUT2D eigenvalue weighted by atomic mass is 10.2. The quantitative estimate of drug-likeness (QED) is 0.659. The number of phenols is 1. The van der Waals surface area contributed by atoms with Gasteiger partial charge in [0.1, 0.15) is 11.5 Å². The molecule has 0 aliphatic carbocycles. The monoisotopic (exact) mass is 167 g/mol. The first-order valence-corrected chi connectivity index (χ1v) is 3.36. The van der Waals surface area contributed by atoms with E-state index in [0.717, 1.165) is 0 Å². The molecule has 0 radical (unpaired) electrons. The van der Waals surface area contributed by atoms with E-state index in [1.54, 1.807) is 6.92 Å². The minimum absolute atomic E-state index is 0.159. The highest BCUT2D eigenvalue weighted by Crippen LogP contribution is 2.21. The molecule has 0 atom stereocenters. The van der Waals surface area contributed by atoms with Crippen LogP contribution in [-0.2, 0) is 0 Å². The largest absolute Gasteiger partial charge is 0.508 e. The molecule has 0 aliphatic heterocycles. The molecule has 0 aliphatic rings. The average molecular weight is 167 g/mol. The van der Waals surface area contributed by atoms with Crippen molar-refractivity contribution in [3.8, 4) is 11.5 Å². The number of aromatic hydroxyl groups is 1. The molecule has 1 amide bonds. The Labute approximate surface area is 69.6 Å². The number of primary amides is 1. The first-order chi connectivity index (χ1) is 5.59. The standard InChI is InChI=1S/C8H9NO3/c1-5-4-6(12-8(9)11)2-3-7(5)10/h2-4,10H,1H3,(H2,9,11). The molecule has 3 N–H and O–H groups in total. The Hall–Kier alpha value is -1.71. The average Bonchev–Trinajstić information content (AvgIpc) is 1.96. The summed E-state index contributed by atoms with van der Waals surface area (Å²) in [6.07, 6.45) is -0.861. The van der Waals surface area contributed by atoms with E-state index in [2.05, 4.69) is 4.74 Å². The number of hydrogen-bond acceptors (Lipinski definition) is 3. The van der Waals surface area contributed by atoms with Gasteiger partial charge in [0.2, 0.25) is 0 Å². The number of carbonyl (C=O) groups is 1. The zero-order chi connectivity index (χ0) is 9.14. The maximum atomic E-state index is 10.3. The number of rotatable bonds is 1. The van der Waals surface area contributed by atoms with E-state index in [0.29, 0.717) is 11.3 Å². The highest BCUT2D eigenvalue weighted by Gasteiger charge is 2.00. The van der Waals surface area contributed by atoms with Crippen molar-refractivity contribution in [2.24, 2.45) is 5.73 Å². The van der Waals surface area contributed by atoms with Crippen molar-refractivity contribution in [3.63, 3.8) is 0 Å². The summed E-state index contributed by atoms with van der Waals surface area (Å²) >= 11 is 0. The molecule has 0 aromatic heterocycles. The first kappa shape index (κ1) is 8.39. The second kappa shape index (κ2) is 3.13. The third-order valence-electron chi connectivity index (χ3n) is 1.39. The minimum Gasteiger partial charge on any atom is -0.508 e. The number of ether oxygens (including phenoxy) is 1. The van der Waals surface area contributed by atoms with Gasteiger partial charge in [0.15, 0.2) is 0 Å². The van der Waals surface area contributed by atoms with E-state index in [4.69, 9.17) is 10.8 Å². The molecule has 0 unspecified atom stereocenters. The maximum Gasteiger partial charge on any atom is 0.409 e. The second-order valence-corrected chi connectivity index (χ2v) is 2.37. The van der Waals surface area contributed by atoms with Gasteiger partial charge in [-0.1, -0.05) is 0 Å². The van der Waals surface area contributed by atoms with Gasteiger partial charge in [-0.05, 0) is 30.7 Å². The number of amides is 1. The van der Waals surface area contributed by atoms with E-state index in [1.165, 1.54) is 18.2 Å². The van der Waals surface area contributed by atoms with E-state index in [1.807, 2.05) is 0 Å². The summed E-state index contributed by atoms with van der Waals surface area (Å²) < 4.78 is 4.58. The Bertz CT molecular complexity index is 309. The molecular weight excluding hydrogens is 158 g/mol. The molecule has 1 rings (SSSR count). The molecule has 0 fully saturated rings. The van der Waals surface area contributed by atoms with Gasteiger partial charge in [-0.2, -0.15) is 0 Å². The van der Waals surface area contributed by atoms with Gasteiger partial charge < -0.3 is 15.6 Å². The lowest BCUT2D eigenvalue weighted by Crippen LogP contribution is -2.16. The Kier molecular flexibility index (Phi) is 2.19. The van der Waals surface area contributed by atoms with E-state index in [-0.39, 0.29) is 5.75 Å². The van der Waals surface area contributed by atoms with Crippen LogP contribution in [-0.4, -0.2) is 11.2 Å². The third kappa shape index (κ3) is 1.88. The van der Waals surface area contributed by atoms with Gasteiger partial charge in [0.25, 0.3) is 0 Å². The van der Waals surface area contributed by atoms with Gasteiger partial charge in [-0.3, -0.25) is 0 Å². The fourth-order valence-corrected chi connectivity index (χ4v) is 0.808. The van der Waals surface area contributed by atoms with Crippen LogP contribution in [0.25, 0.3) is 0 Å². The minimum atomic E-state index is -0.861. The maximum absolute atomic E-state index is 10.3. The molecule has 0 heterocycles. The first-order valence-electron chi connectivity index (χ1n) is 3.36. The normalized spacial score (nSPS) is 9.42. The van der Waals surface area contributed by atoms with Crippen molar-refractivity contribution in [2.45, 2.75) is 6.92 Å². The summed E-state index contributed by atoms with van der Waals surface area (Å²) in [4.78, 5) is 10.3. The fourth-order valence-electron chi connectivity index (χ4n) is 0.808. The van der Waals surface area contributed by atoms with Crippen molar-refractivity contribution >= 4 is 6.09 Å². The van der Waals surface area contributed by atoms with Gasteiger partial charge in [0, 0.05) is 0 Å². The highest BCUT2D eigenvalue weighted by molar-refractivity contribution is 5.68. The number of benzene rings is 1. The third-order valence-corrected chi connectivity index (χ3v) is 1.39. The van der Waals surface area contributed by atoms with Crippen LogP contribution in [0.2, 0.25) is 0 Å². The Balaban J connectivity index is 2.89. The van der Waals surface area contributed by atoms with E-state index in [9.17, 15) is 4.79 Å². The highest BCUT2D eigenvalue weighted by atomic mass is 16.5. The molecule has 64 valence electrons. The zero-order valence-corrected chi connectivity index (χ0v) is 6.57. The Morgan fingerprint density at radius 2 is 2.25 bits per heavy atom. The van der Waals surface area contributed by atoms with Gasteiger partial charge in [-0.15, -0.1) is 0 Å². The number of carbonyl (C=O) groups excluding carboxylic acids is 1. The molecule has 4 heteroatoms. The summed E-state index contributed by atoms with van der Waals surface area (Å²) in [5.41, 5.74) is 5.42. The summed E-state index contributed by atoms with van der Waals surface area (Å²) in [6, 6.07) is 4.43. The molecule has 0 saturated heterocycles. The van der Waals surface area contributed by atoms with Gasteiger partial charge in [0.05, 0.1) is 0 Å². The SMILES string of the molecule is Cc1cc(OC(N)=O)ccc1O. The van der Waals surface area contributed by atoms with Crippen LogP contribution in [0.15, 0.2) is 18.2 Å². The number of nitrogens with two attached hydrogens (primary N) is 1. The van der Waals surface area contributed by atoms with Crippen molar-refractivity contribution in [1.82, 2.24) is 0 Å². The second-order valence-electron chi connectivity index (χ2n) is 2.37. The number of hydrogen-bond donors (Lipinski definition) is 2. The van der Waals surface area contributed by atoms with Crippen LogP contribution < -0.4 is 10.5 Å². The molecule has 4 nitrogen and oxygen atoms in total. The summed E-state index contributed by atoms with van der Waals surface area (Å²) in [6.45, 7) is 1.70. The molecular formula is C8H9NO3. The molecule has 1 aromatic rings. The molecule has 12 heavy (non-hydrogen) atoms. The summed E-state index contributed by atoms with van der Waals surface area (Å²) in [5.74, 6) is 0.490. The van der Waals surface area contributed by atoms with Crippen LogP contribution in [0.5, 0.6) is 11.5 Å². The van der Waals surface area contributed by atoms with Crippen molar-refractivity contribution < 1.29 is 14.6 Å². The van der Waals surface area contributed by atoms with E-state index >= 15 is 0 Å². The number of phenolic OH excluding ortho intramolecular Hbond substituents is 1. The van der Waals surface area contributed by atoms with Crippen LogP contribution in [0.3, 0.4) is 0 Å². The lowest BCUT2D eigenvalue weighted by molar-refractivity contribution is 0.211. The zero-order valence-electron chi connectivity index (χ0n) is 6.57. The van der Waals surface area contributed by atoms with E-state index < -0.39 is 6.09 Å². The number of aryl methyl sites for hydroxylation is 1. The van der Waals surface area contributed by atoms with Gasteiger partial charge in [-0.25, -0.2) is 4.79 Å². The van der Waals surface area contributed by atoms with Crippen LogP contribution in [0, 0.1) is 6.92 Å². The van der Waals surface area contributed by atoms with Gasteiger partial charge >= 0.3 is 6.09 Å². The van der Waals surface area contributed by atoms with Crippen molar-refractivity contribution in [2.75, 3.05) is 0 Å². The van der Waals surface area contributed by atoms with Crippen LogP contribution in [0.4, 0.5) is 4.79 Å². The summed E-state index contributed by atoms with van der Waals surface area (Å²) in [7, 11) is 0. The predicted octanol–water partition coefficient (Wildman–Crippen LogP) is 1.16. The molecule has 0 bridgehead atoms. The smallest absolute Gasteiger partial charge is 0.409 e. The molecule has 0 spiro atoms. The van der Waals surface area contributed by atoms with Crippen molar-refractivity contribution in [1.29, 1.82) is 0 Å². The Morgan fingerprint density at radius 3 is 2.75 bits per heavy atom.